The zero-order valence-electron chi connectivity index (χ0n) is 8.08. The predicted octanol–water partition coefficient (Wildman–Crippen LogP) is 4.87. The molecule has 2 N–H and O–H groups in total. The van der Waals surface area contributed by atoms with E-state index in [9.17, 15) is 0 Å². The summed E-state index contributed by atoms with van der Waals surface area (Å²) in [5, 5.41) is 3.29. The fraction of sp³-hybridized carbons (Fsp3) is 0.0909. The SMILES string of the molecule is NC(c1ccc(Br)c(Cl)c1)c1sccc1Cl. The maximum absolute atomic E-state index is 6.13. The van der Waals surface area contributed by atoms with Crippen LogP contribution in [0.2, 0.25) is 10.0 Å². The third-order valence-corrected chi connectivity index (χ3v) is 4.90. The fourth-order valence-electron chi connectivity index (χ4n) is 1.38. The van der Waals surface area contributed by atoms with Crippen molar-refractivity contribution >= 4 is 50.5 Å². The average Bonchev–Trinajstić information content (AvgIpc) is 2.67. The molecular formula is C11H8BrCl2NS. The topological polar surface area (TPSA) is 26.0 Å². The van der Waals surface area contributed by atoms with E-state index in [0.29, 0.717) is 10.0 Å². The third-order valence-electron chi connectivity index (χ3n) is 2.23. The number of thiophene rings is 1. The first-order valence-corrected chi connectivity index (χ1v) is 6.96. The highest BCUT2D eigenvalue weighted by Gasteiger charge is 2.14. The number of hydrogen-bond donors (Lipinski definition) is 1. The number of halogens is 3. The van der Waals surface area contributed by atoms with Crippen LogP contribution in [0.5, 0.6) is 0 Å². The minimum absolute atomic E-state index is 0.224. The van der Waals surface area contributed by atoms with Crippen LogP contribution in [0.15, 0.2) is 34.1 Å². The summed E-state index contributed by atoms with van der Waals surface area (Å²) in [5.41, 5.74) is 7.09. The van der Waals surface area contributed by atoms with Crippen molar-refractivity contribution in [2.45, 2.75) is 6.04 Å². The summed E-state index contributed by atoms with van der Waals surface area (Å²) in [6, 6.07) is 7.31. The lowest BCUT2D eigenvalue weighted by Crippen LogP contribution is -2.10. The lowest BCUT2D eigenvalue weighted by atomic mass is 10.1. The molecule has 0 aliphatic rings. The molecule has 1 nitrogen and oxygen atoms in total. The average molecular weight is 337 g/mol. The first-order valence-electron chi connectivity index (χ1n) is 4.53. The highest BCUT2D eigenvalue weighted by atomic mass is 79.9. The van der Waals surface area contributed by atoms with E-state index in [-0.39, 0.29) is 6.04 Å². The van der Waals surface area contributed by atoms with Gasteiger partial charge in [-0.1, -0.05) is 29.3 Å². The van der Waals surface area contributed by atoms with E-state index in [1.807, 2.05) is 29.6 Å². The Balaban J connectivity index is 2.38. The van der Waals surface area contributed by atoms with Crippen LogP contribution in [0, 0.1) is 0 Å². The van der Waals surface area contributed by atoms with Gasteiger partial charge in [0.05, 0.1) is 16.1 Å². The smallest absolute Gasteiger partial charge is 0.0661 e. The largest absolute Gasteiger partial charge is 0.320 e. The molecule has 1 heterocycles. The van der Waals surface area contributed by atoms with E-state index in [4.69, 9.17) is 28.9 Å². The third kappa shape index (κ3) is 2.44. The van der Waals surface area contributed by atoms with E-state index in [1.165, 1.54) is 0 Å². The zero-order valence-corrected chi connectivity index (χ0v) is 12.0. The van der Waals surface area contributed by atoms with Crippen molar-refractivity contribution in [1.82, 2.24) is 0 Å². The fourth-order valence-corrected chi connectivity index (χ4v) is 3.02. The minimum Gasteiger partial charge on any atom is -0.320 e. The van der Waals surface area contributed by atoms with Crippen LogP contribution in [0.4, 0.5) is 0 Å². The summed E-state index contributed by atoms with van der Waals surface area (Å²) < 4.78 is 0.863. The Bertz CT molecular complexity index is 512. The second-order valence-corrected chi connectivity index (χ2v) is 5.90. The standard InChI is InChI=1S/C11H8BrCl2NS/c12-7-2-1-6(5-9(7)14)10(15)11-8(13)3-4-16-11/h1-5,10H,15H2. The monoisotopic (exact) mass is 335 g/mol. The maximum atomic E-state index is 6.13. The Morgan fingerprint density at radius 2 is 1.94 bits per heavy atom. The normalized spacial score (nSPS) is 12.8. The summed E-state index contributed by atoms with van der Waals surface area (Å²) in [6.07, 6.45) is 0. The van der Waals surface area contributed by atoms with Crippen LogP contribution < -0.4 is 5.73 Å². The molecule has 0 aliphatic carbocycles. The van der Waals surface area contributed by atoms with E-state index in [0.717, 1.165) is 14.9 Å². The Morgan fingerprint density at radius 1 is 1.19 bits per heavy atom. The van der Waals surface area contributed by atoms with E-state index in [2.05, 4.69) is 15.9 Å². The summed E-state index contributed by atoms with van der Waals surface area (Å²) in [7, 11) is 0. The summed E-state index contributed by atoms with van der Waals surface area (Å²) >= 11 is 17.0. The van der Waals surface area contributed by atoms with E-state index in [1.54, 1.807) is 11.3 Å². The molecule has 5 heteroatoms. The van der Waals surface area contributed by atoms with Gasteiger partial charge < -0.3 is 5.73 Å². The summed E-state index contributed by atoms with van der Waals surface area (Å²) in [4.78, 5) is 0.958. The van der Waals surface area contributed by atoms with Crippen LogP contribution in [0.3, 0.4) is 0 Å². The number of nitrogens with two attached hydrogens (primary N) is 1. The number of hydrogen-bond acceptors (Lipinski definition) is 2. The molecule has 0 amide bonds. The van der Waals surface area contributed by atoms with Gasteiger partial charge >= 0.3 is 0 Å². The molecule has 2 rings (SSSR count). The second kappa shape index (κ2) is 5.07. The van der Waals surface area contributed by atoms with E-state index >= 15 is 0 Å². The molecule has 84 valence electrons. The van der Waals surface area contributed by atoms with Gasteiger partial charge in [-0.25, -0.2) is 0 Å². The molecule has 0 spiro atoms. The lowest BCUT2D eigenvalue weighted by molar-refractivity contribution is 0.893. The second-order valence-electron chi connectivity index (χ2n) is 3.28. The molecule has 0 saturated carbocycles. The van der Waals surface area contributed by atoms with Crippen molar-refractivity contribution in [2.24, 2.45) is 5.73 Å². The van der Waals surface area contributed by atoms with Gasteiger partial charge in [-0.15, -0.1) is 11.3 Å². The summed E-state index contributed by atoms with van der Waals surface area (Å²) in [6.45, 7) is 0. The van der Waals surface area contributed by atoms with Crippen molar-refractivity contribution in [3.05, 3.63) is 54.6 Å². The molecule has 1 aromatic carbocycles. The molecule has 1 aromatic heterocycles. The van der Waals surface area contributed by atoms with Crippen molar-refractivity contribution in [3.8, 4) is 0 Å². The molecule has 0 fully saturated rings. The van der Waals surface area contributed by atoms with Crippen LogP contribution in [0.25, 0.3) is 0 Å². The maximum Gasteiger partial charge on any atom is 0.0661 e. The predicted molar refractivity (Wildman–Crippen MR) is 74.5 cm³/mol. The zero-order chi connectivity index (χ0) is 11.7. The number of benzene rings is 1. The highest BCUT2D eigenvalue weighted by Crippen LogP contribution is 2.33. The van der Waals surface area contributed by atoms with Gasteiger partial charge in [0.2, 0.25) is 0 Å². The van der Waals surface area contributed by atoms with Gasteiger partial charge in [-0.05, 0) is 45.1 Å². The molecule has 0 aliphatic heterocycles. The Morgan fingerprint density at radius 3 is 2.50 bits per heavy atom. The van der Waals surface area contributed by atoms with Gasteiger partial charge in [-0.3, -0.25) is 0 Å². The Kier molecular flexibility index (Phi) is 3.93. The van der Waals surface area contributed by atoms with Crippen molar-refractivity contribution in [2.75, 3.05) is 0 Å². The van der Waals surface area contributed by atoms with Gasteiger partial charge in [0.15, 0.2) is 0 Å². The van der Waals surface area contributed by atoms with Crippen LogP contribution in [0.1, 0.15) is 16.5 Å². The molecule has 2 aromatic rings. The van der Waals surface area contributed by atoms with Gasteiger partial charge in [0, 0.05) is 9.35 Å². The number of rotatable bonds is 2. The Hall–Kier alpha value is -0.0600. The first-order chi connectivity index (χ1) is 7.59. The van der Waals surface area contributed by atoms with Crippen LogP contribution in [-0.4, -0.2) is 0 Å². The van der Waals surface area contributed by atoms with Crippen molar-refractivity contribution < 1.29 is 0 Å². The van der Waals surface area contributed by atoms with Crippen LogP contribution in [-0.2, 0) is 0 Å². The van der Waals surface area contributed by atoms with E-state index < -0.39 is 0 Å². The van der Waals surface area contributed by atoms with Crippen molar-refractivity contribution in [1.29, 1.82) is 0 Å². The molecular weight excluding hydrogens is 329 g/mol. The van der Waals surface area contributed by atoms with Crippen LogP contribution >= 0.6 is 50.5 Å². The minimum atomic E-state index is -0.224. The molecule has 0 bridgehead atoms. The highest BCUT2D eigenvalue weighted by molar-refractivity contribution is 9.10. The molecule has 1 atom stereocenters. The first kappa shape index (κ1) is 12.4. The Labute approximate surface area is 116 Å². The quantitative estimate of drug-likeness (QED) is 0.832. The van der Waals surface area contributed by atoms with Crippen molar-refractivity contribution in [3.63, 3.8) is 0 Å². The molecule has 16 heavy (non-hydrogen) atoms. The lowest BCUT2D eigenvalue weighted by Gasteiger charge is -2.11. The van der Waals surface area contributed by atoms with Gasteiger partial charge in [0.25, 0.3) is 0 Å². The van der Waals surface area contributed by atoms with Gasteiger partial charge in [0.1, 0.15) is 0 Å². The molecule has 0 saturated heterocycles. The molecule has 0 radical (unpaired) electrons. The summed E-state index contributed by atoms with van der Waals surface area (Å²) in [5.74, 6) is 0. The molecule has 1 unspecified atom stereocenters. The van der Waals surface area contributed by atoms with Gasteiger partial charge in [-0.2, -0.15) is 0 Å².